The first-order valence-corrected chi connectivity index (χ1v) is 5.21. The van der Waals surface area contributed by atoms with Crippen LogP contribution in [0, 0.1) is 0 Å². The van der Waals surface area contributed by atoms with Crippen LogP contribution in [0.1, 0.15) is 31.4 Å². The summed E-state index contributed by atoms with van der Waals surface area (Å²) in [6, 6.07) is -0.277. The van der Waals surface area contributed by atoms with Gasteiger partial charge in [-0.05, 0) is 13.0 Å². The molecule has 0 saturated carbocycles. The van der Waals surface area contributed by atoms with E-state index < -0.39 is 12.6 Å². The molecule has 0 aliphatic heterocycles. The van der Waals surface area contributed by atoms with Crippen LogP contribution >= 0.6 is 0 Å². The van der Waals surface area contributed by atoms with Crippen molar-refractivity contribution >= 4 is 0 Å². The second-order valence-electron chi connectivity index (χ2n) is 3.71. The van der Waals surface area contributed by atoms with Crippen LogP contribution < -0.4 is 5.32 Å². The molecule has 0 bridgehead atoms. The highest BCUT2D eigenvalue weighted by atomic mass is 19.4. The number of aromatic nitrogens is 2. The second kappa shape index (κ2) is 5.34. The Labute approximate surface area is 92.6 Å². The summed E-state index contributed by atoms with van der Waals surface area (Å²) < 4.78 is 38.0. The summed E-state index contributed by atoms with van der Waals surface area (Å²) in [4.78, 5) is 0. The van der Waals surface area contributed by atoms with Crippen molar-refractivity contribution in [3.8, 4) is 0 Å². The predicted molar refractivity (Wildman–Crippen MR) is 54.9 cm³/mol. The highest BCUT2D eigenvalue weighted by molar-refractivity contribution is 5.10. The number of alkyl halides is 3. The van der Waals surface area contributed by atoms with Gasteiger partial charge < -0.3 is 5.32 Å². The van der Waals surface area contributed by atoms with Gasteiger partial charge in [0.15, 0.2) is 0 Å². The van der Waals surface area contributed by atoms with Crippen LogP contribution in [0.2, 0.25) is 0 Å². The average Bonchev–Trinajstić information content (AvgIpc) is 2.57. The lowest BCUT2D eigenvalue weighted by atomic mass is 10.1. The lowest BCUT2D eigenvalue weighted by molar-refractivity contribution is -0.136. The number of aryl methyl sites for hydroxylation is 1. The van der Waals surface area contributed by atoms with Gasteiger partial charge in [-0.2, -0.15) is 18.3 Å². The first-order chi connectivity index (χ1) is 7.42. The van der Waals surface area contributed by atoms with E-state index in [0.717, 1.165) is 5.56 Å². The van der Waals surface area contributed by atoms with Gasteiger partial charge in [0.1, 0.15) is 0 Å². The lowest BCUT2D eigenvalue weighted by Crippen LogP contribution is -2.22. The third-order valence-corrected chi connectivity index (χ3v) is 2.29. The molecule has 0 fully saturated rings. The van der Waals surface area contributed by atoms with Gasteiger partial charge in [-0.3, -0.25) is 4.68 Å². The first kappa shape index (κ1) is 13.0. The van der Waals surface area contributed by atoms with Crippen molar-refractivity contribution in [2.24, 2.45) is 7.05 Å². The summed E-state index contributed by atoms with van der Waals surface area (Å²) in [7, 11) is 1.75. The monoisotopic (exact) mass is 235 g/mol. The van der Waals surface area contributed by atoms with Crippen LogP contribution in [0.5, 0.6) is 0 Å². The summed E-state index contributed by atoms with van der Waals surface area (Å²) in [5.74, 6) is 0. The Kier molecular flexibility index (Phi) is 4.35. The summed E-state index contributed by atoms with van der Waals surface area (Å²) in [5.41, 5.74) is 0.800. The van der Waals surface area contributed by atoms with E-state index >= 15 is 0 Å². The van der Waals surface area contributed by atoms with E-state index in [-0.39, 0.29) is 12.5 Å². The maximum Gasteiger partial charge on any atom is 0.389 e. The van der Waals surface area contributed by atoms with Crippen LogP contribution in [0.25, 0.3) is 0 Å². The molecule has 0 spiro atoms. The molecule has 1 aromatic rings. The van der Waals surface area contributed by atoms with E-state index in [1.165, 1.54) is 0 Å². The van der Waals surface area contributed by atoms with Gasteiger partial charge >= 0.3 is 6.18 Å². The minimum absolute atomic E-state index is 0.0447. The molecule has 1 rings (SSSR count). The molecule has 3 nitrogen and oxygen atoms in total. The normalized spacial score (nSPS) is 14.1. The molecule has 1 unspecified atom stereocenters. The van der Waals surface area contributed by atoms with Crippen LogP contribution in [0.3, 0.4) is 0 Å². The summed E-state index contributed by atoms with van der Waals surface area (Å²) in [6.45, 7) is 2.51. The maximum atomic E-state index is 12.1. The van der Waals surface area contributed by atoms with E-state index in [4.69, 9.17) is 0 Å². The van der Waals surface area contributed by atoms with Gasteiger partial charge in [-0.1, -0.05) is 6.92 Å². The van der Waals surface area contributed by atoms with Crippen molar-refractivity contribution in [3.63, 3.8) is 0 Å². The van der Waals surface area contributed by atoms with Gasteiger partial charge in [-0.15, -0.1) is 0 Å². The molecule has 0 aliphatic carbocycles. The molecule has 0 aromatic carbocycles. The Morgan fingerprint density at radius 1 is 1.50 bits per heavy atom. The Hall–Kier alpha value is -1.04. The number of nitrogens with one attached hydrogen (secondary N) is 1. The SMILES string of the molecule is CCNC(CCC(F)(F)F)c1cnn(C)c1. The van der Waals surface area contributed by atoms with Crippen molar-refractivity contribution in [1.29, 1.82) is 0 Å². The molecule has 1 heterocycles. The fourth-order valence-corrected chi connectivity index (χ4v) is 1.56. The zero-order chi connectivity index (χ0) is 12.2. The fraction of sp³-hybridized carbons (Fsp3) is 0.700. The van der Waals surface area contributed by atoms with Crippen molar-refractivity contribution in [3.05, 3.63) is 18.0 Å². The molecule has 1 N–H and O–H groups in total. The predicted octanol–water partition coefficient (Wildman–Crippen LogP) is 2.41. The minimum Gasteiger partial charge on any atom is -0.310 e. The summed E-state index contributed by atoms with van der Waals surface area (Å²) in [5, 5.41) is 6.99. The van der Waals surface area contributed by atoms with E-state index in [2.05, 4.69) is 10.4 Å². The van der Waals surface area contributed by atoms with Gasteiger partial charge in [0.2, 0.25) is 0 Å². The van der Waals surface area contributed by atoms with Crippen molar-refractivity contribution in [2.75, 3.05) is 6.54 Å². The fourth-order valence-electron chi connectivity index (χ4n) is 1.56. The quantitative estimate of drug-likeness (QED) is 0.849. The van der Waals surface area contributed by atoms with Gasteiger partial charge in [0, 0.05) is 31.3 Å². The zero-order valence-electron chi connectivity index (χ0n) is 9.38. The van der Waals surface area contributed by atoms with Gasteiger partial charge in [-0.25, -0.2) is 0 Å². The molecule has 16 heavy (non-hydrogen) atoms. The van der Waals surface area contributed by atoms with Crippen LogP contribution in [0.4, 0.5) is 13.2 Å². The molecule has 92 valence electrons. The molecule has 0 radical (unpaired) electrons. The minimum atomic E-state index is -4.10. The van der Waals surface area contributed by atoms with Crippen molar-refractivity contribution < 1.29 is 13.2 Å². The Bertz CT molecular complexity index is 319. The van der Waals surface area contributed by atoms with Crippen LogP contribution in [0.15, 0.2) is 12.4 Å². The molecule has 1 aromatic heterocycles. The molecule has 0 aliphatic rings. The third kappa shape index (κ3) is 4.22. The van der Waals surface area contributed by atoms with E-state index in [1.54, 1.807) is 24.1 Å². The zero-order valence-corrected chi connectivity index (χ0v) is 9.38. The number of halogens is 3. The van der Waals surface area contributed by atoms with Crippen LogP contribution in [-0.2, 0) is 7.05 Å². The third-order valence-electron chi connectivity index (χ3n) is 2.29. The number of hydrogen-bond donors (Lipinski definition) is 1. The summed E-state index contributed by atoms with van der Waals surface area (Å²) >= 11 is 0. The largest absolute Gasteiger partial charge is 0.389 e. The highest BCUT2D eigenvalue weighted by Crippen LogP contribution is 2.27. The Balaban J connectivity index is 2.61. The first-order valence-electron chi connectivity index (χ1n) is 5.21. The number of rotatable bonds is 5. The molecular formula is C10H16F3N3. The summed E-state index contributed by atoms with van der Waals surface area (Å²) in [6.07, 6.45) is -1.49. The second-order valence-corrected chi connectivity index (χ2v) is 3.71. The smallest absolute Gasteiger partial charge is 0.310 e. The standard InChI is InChI=1S/C10H16F3N3/c1-3-14-9(4-5-10(11,12)13)8-6-15-16(2)7-8/h6-7,9,14H,3-5H2,1-2H3. The number of nitrogens with zero attached hydrogens (tertiary/aromatic N) is 2. The van der Waals surface area contributed by atoms with E-state index in [1.807, 2.05) is 6.92 Å². The molecule has 0 amide bonds. The van der Waals surface area contributed by atoms with Gasteiger partial charge in [0.05, 0.1) is 6.20 Å². The van der Waals surface area contributed by atoms with Crippen molar-refractivity contribution in [2.45, 2.75) is 32.0 Å². The van der Waals surface area contributed by atoms with E-state index in [9.17, 15) is 13.2 Å². The maximum absolute atomic E-state index is 12.1. The molecular weight excluding hydrogens is 219 g/mol. The molecule has 6 heteroatoms. The Morgan fingerprint density at radius 2 is 2.19 bits per heavy atom. The lowest BCUT2D eigenvalue weighted by Gasteiger charge is -2.17. The highest BCUT2D eigenvalue weighted by Gasteiger charge is 2.28. The molecule has 1 atom stereocenters. The van der Waals surface area contributed by atoms with E-state index in [0.29, 0.717) is 6.54 Å². The average molecular weight is 235 g/mol. The topological polar surface area (TPSA) is 29.9 Å². The molecule has 0 saturated heterocycles. The number of hydrogen-bond acceptors (Lipinski definition) is 2. The van der Waals surface area contributed by atoms with Crippen LogP contribution in [-0.4, -0.2) is 22.5 Å². The van der Waals surface area contributed by atoms with Gasteiger partial charge in [0.25, 0.3) is 0 Å². The van der Waals surface area contributed by atoms with Crippen molar-refractivity contribution in [1.82, 2.24) is 15.1 Å². The Morgan fingerprint density at radius 3 is 2.62 bits per heavy atom.